The number of pyridine rings is 1. The minimum Gasteiger partial charge on any atom is -0.497 e. The second-order valence-electron chi connectivity index (χ2n) is 5.61. The molecule has 2 heterocycles. The first-order chi connectivity index (χ1) is 11.8. The molecule has 0 N–H and O–H groups in total. The average Bonchev–Trinajstić information content (AvgIpc) is 2.52. The van der Waals surface area contributed by atoms with Crippen LogP contribution in [0.4, 0.5) is 0 Å². The molecular formula is C16H15Cl2N3O3S. The Bertz CT molecular complexity index is 941. The molecule has 25 heavy (non-hydrogen) atoms. The summed E-state index contributed by atoms with van der Waals surface area (Å²) in [5.74, 6) is 0.656. The molecule has 0 atom stereocenters. The van der Waals surface area contributed by atoms with Crippen molar-refractivity contribution >= 4 is 38.9 Å². The van der Waals surface area contributed by atoms with Gasteiger partial charge in [-0.05, 0) is 41.5 Å². The molecule has 1 aromatic carbocycles. The fraction of sp³-hybridized carbons (Fsp3) is 0.250. The van der Waals surface area contributed by atoms with Crippen molar-refractivity contribution in [2.24, 2.45) is 5.10 Å². The molecule has 0 aliphatic carbocycles. The molecule has 0 bridgehead atoms. The van der Waals surface area contributed by atoms with Gasteiger partial charge in [-0.3, -0.25) is 0 Å². The van der Waals surface area contributed by atoms with Gasteiger partial charge in [0.05, 0.1) is 25.6 Å². The Labute approximate surface area is 156 Å². The lowest BCUT2D eigenvalue weighted by molar-refractivity contribution is 0.406. The molecule has 0 radical (unpaired) electrons. The van der Waals surface area contributed by atoms with E-state index in [0.29, 0.717) is 17.9 Å². The van der Waals surface area contributed by atoms with Crippen molar-refractivity contribution in [1.29, 1.82) is 0 Å². The number of nitrogens with zero attached hydrogens (tertiary/aromatic N) is 3. The van der Waals surface area contributed by atoms with Crippen LogP contribution in [0.5, 0.6) is 5.75 Å². The predicted molar refractivity (Wildman–Crippen MR) is 97.9 cm³/mol. The van der Waals surface area contributed by atoms with Crippen molar-refractivity contribution in [3.05, 3.63) is 57.3 Å². The maximum absolute atomic E-state index is 12.0. The van der Waals surface area contributed by atoms with E-state index in [4.69, 9.17) is 27.9 Å². The van der Waals surface area contributed by atoms with Gasteiger partial charge in [0.15, 0.2) is 0 Å². The highest BCUT2D eigenvalue weighted by molar-refractivity contribution is 7.88. The van der Waals surface area contributed by atoms with Crippen molar-refractivity contribution in [1.82, 2.24) is 9.40 Å². The van der Waals surface area contributed by atoms with Gasteiger partial charge >= 0.3 is 0 Å². The monoisotopic (exact) mass is 399 g/mol. The van der Waals surface area contributed by atoms with E-state index in [0.717, 1.165) is 27.4 Å². The zero-order valence-corrected chi connectivity index (χ0v) is 15.9. The number of hydrazone groups is 1. The van der Waals surface area contributed by atoms with Crippen LogP contribution in [0.25, 0.3) is 0 Å². The molecule has 9 heteroatoms. The fourth-order valence-corrected chi connectivity index (χ4v) is 3.74. The number of halogens is 2. The van der Waals surface area contributed by atoms with Crippen molar-refractivity contribution in [3.8, 4) is 5.75 Å². The van der Waals surface area contributed by atoms with Crippen LogP contribution in [0, 0.1) is 0 Å². The van der Waals surface area contributed by atoms with Crippen molar-refractivity contribution in [2.45, 2.75) is 13.0 Å². The van der Waals surface area contributed by atoms with Gasteiger partial charge in [0, 0.05) is 12.0 Å². The highest BCUT2D eigenvalue weighted by Gasteiger charge is 2.25. The van der Waals surface area contributed by atoms with E-state index < -0.39 is 10.0 Å². The summed E-state index contributed by atoms with van der Waals surface area (Å²) in [5.41, 5.74) is 3.08. The average molecular weight is 400 g/mol. The number of sulfonamides is 1. The van der Waals surface area contributed by atoms with Gasteiger partial charge in [-0.25, -0.2) is 13.4 Å². The standard InChI is InChI=1S/C16H15Cl2N3O3S/c1-24-12-3-4-13-11(8-12)9-21(25(2,22)23)20-14(13)5-10-6-15(17)19-16(18)7-10/h3-4,6-8H,5,9H2,1-2H3. The van der Waals surface area contributed by atoms with Crippen LogP contribution < -0.4 is 4.74 Å². The molecule has 0 amide bonds. The number of hydrogen-bond donors (Lipinski definition) is 0. The third-order valence-electron chi connectivity index (χ3n) is 3.74. The summed E-state index contributed by atoms with van der Waals surface area (Å²) < 4.78 is 30.3. The molecule has 3 rings (SSSR count). The molecule has 0 fully saturated rings. The number of hydrogen-bond acceptors (Lipinski definition) is 5. The largest absolute Gasteiger partial charge is 0.497 e. The maximum Gasteiger partial charge on any atom is 0.247 e. The summed E-state index contributed by atoms with van der Waals surface area (Å²) in [4.78, 5) is 3.92. The zero-order valence-electron chi connectivity index (χ0n) is 13.5. The first-order valence-electron chi connectivity index (χ1n) is 7.30. The van der Waals surface area contributed by atoms with Crippen molar-refractivity contribution < 1.29 is 13.2 Å². The minimum absolute atomic E-state index is 0.159. The van der Waals surface area contributed by atoms with E-state index in [1.807, 2.05) is 18.2 Å². The van der Waals surface area contributed by atoms with E-state index in [1.165, 1.54) is 0 Å². The molecule has 132 valence electrons. The second kappa shape index (κ2) is 6.82. The van der Waals surface area contributed by atoms with Gasteiger partial charge in [-0.15, -0.1) is 0 Å². The molecule has 0 saturated heterocycles. The maximum atomic E-state index is 12.0. The normalized spacial score (nSPS) is 14.1. The summed E-state index contributed by atoms with van der Waals surface area (Å²) in [6.07, 6.45) is 1.49. The fourth-order valence-electron chi connectivity index (χ4n) is 2.61. The van der Waals surface area contributed by atoms with E-state index in [9.17, 15) is 8.42 Å². The summed E-state index contributed by atoms with van der Waals surface area (Å²) in [7, 11) is -1.92. The zero-order chi connectivity index (χ0) is 18.2. The summed E-state index contributed by atoms with van der Waals surface area (Å²) in [6.45, 7) is 0.159. The van der Waals surface area contributed by atoms with Crippen LogP contribution >= 0.6 is 23.2 Å². The Morgan fingerprint density at radius 1 is 1.20 bits per heavy atom. The first kappa shape index (κ1) is 18.0. The van der Waals surface area contributed by atoms with Crippen LogP contribution in [0.1, 0.15) is 16.7 Å². The third-order valence-corrected chi connectivity index (χ3v) is 5.10. The van der Waals surface area contributed by atoms with Crippen LogP contribution in [-0.2, 0) is 23.0 Å². The highest BCUT2D eigenvalue weighted by Crippen LogP contribution is 2.27. The number of benzene rings is 1. The first-order valence-corrected chi connectivity index (χ1v) is 9.91. The third kappa shape index (κ3) is 4.05. The van der Waals surface area contributed by atoms with E-state index in [-0.39, 0.29) is 16.9 Å². The minimum atomic E-state index is -3.49. The Morgan fingerprint density at radius 2 is 1.88 bits per heavy atom. The van der Waals surface area contributed by atoms with Gasteiger partial charge in [-0.2, -0.15) is 9.52 Å². The molecule has 1 aliphatic rings. The number of aromatic nitrogens is 1. The molecule has 2 aromatic rings. The van der Waals surface area contributed by atoms with Gasteiger partial charge in [-0.1, -0.05) is 23.2 Å². The van der Waals surface area contributed by atoms with Crippen molar-refractivity contribution in [2.75, 3.05) is 13.4 Å². The smallest absolute Gasteiger partial charge is 0.247 e. The van der Waals surface area contributed by atoms with Gasteiger partial charge < -0.3 is 4.74 Å². The Balaban J connectivity index is 2.06. The number of fused-ring (bicyclic) bond motifs is 1. The lowest BCUT2D eigenvalue weighted by Gasteiger charge is -2.26. The van der Waals surface area contributed by atoms with Crippen LogP contribution in [0.15, 0.2) is 35.4 Å². The Morgan fingerprint density at radius 3 is 2.48 bits per heavy atom. The predicted octanol–water partition coefficient (Wildman–Crippen LogP) is 3.12. The molecule has 6 nitrogen and oxygen atoms in total. The van der Waals surface area contributed by atoms with Gasteiger partial charge in [0.2, 0.25) is 10.0 Å². The quantitative estimate of drug-likeness (QED) is 0.740. The van der Waals surface area contributed by atoms with Gasteiger partial charge in [0.1, 0.15) is 16.1 Å². The molecule has 0 unspecified atom stereocenters. The molecule has 1 aromatic heterocycles. The van der Waals surface area contributed by atoms with Gasteiger partial charge in [0.25, 0.3) is 0 Å². The number of methoxy groups -OCH3 is 1. The number of rotatable bonds is 4. The van der Waals surface area contributed by atoms with E-state index >= 15 is 0 Å². The summed E-state index contributed by atoms with van der Waals surface area (Å²) >= 11 is 11.9. The van der Waals surface area contributed by atoms with Crippen LogP contribution in [0.3, 0.4) is 0 Å². The van der Waals surface area contributed by atoms with Crippen LogP contribution in [0.2, 0.25) is 10.3 Å². The lowest BCUT2D eigenvalue weighted by atomic mass is 9.97. The second-order valence-corrected chi connectivity index (χ2v) is 8.27. The Hall–Kier alpha value is -1.83. The van der Waals surface area contributed by atoms with Crippen molar-refractivity contribution in [3.63, 3.8) is 0 Å². The van der Waals surface area contributed by atoms with Crippen LogP contribution in [-0.4, -0.2) is 36.9 Å². The Kier molecular flexibility index (Phi) is 4.90. The van der Waals surface area contributed by atoms with E-state index in [2.05, 4.69) is 10.1 Å². The van der Waals surface area contributed by atoms with E-state index in [1.54, 1.807) is 19.2 Å². The highest BCUT2D eigenvalue weighted by atomic mass is 35.5. The molecular weight excluding hydrogens is 385 g/mol. The molecule has 1 aliphatic heterocycles. The summed E-state index contributed by atoms with van der Waals surface area (Å²) in [5, 5.41) is 4.86. The topological polar surface area (TPSA) is 71.9 Å². The number of ether oxygens (including phenoxy) is 1. The molecule has 0 saturated carbocycles. The lowest BCUT2D eigenvalue weighted by Crippen LogP contribution is -2.31. The summed E-state index contributed by atoms with van der Waals surface area (Å²) in [6, 6.07) is 8.86. The molecule has 0 spiro atoms. The SMILES string of the molecule is COc1ccc2c(c1)CN(S(C)(=O)=O)N=C2Cc1cc(Cl)nc(Cl)c1.